The minimum atomic E-state index is -0.280. The summed E-state index contributed by atoms with van der Waals surface area (Å²) >= 11 is 0. The van der Waals surface area contributed by atoms with Gasteiger partial charge in [-0.15, -0.1) is 0 Å². The molecular weight excluding hydrogens is 342 g/mol. The van der Waals surface area contributed by atoms with Crippen molar-refractivity contribution in [1.29, 1.82) is 0 Å². The van der Waals surface area contributed by atoms with E-state index in [1.807, 2.05) is 12.1 Å². The number of benzene rings is 1. The number of carbonyl (C=O) groups is 1. The highest BCUT2D eigenvalue weighted by Crippen LogP contribution is 2.48. The average molecular weight is 369 g/mol. The van der Waals surface area contributed by atoms with Crippen LogP contribution in [0.25, 0.3) is 0 Å². The van der Waals surface area contributed by atoms with Gasteiger partial charge in [0.05, 0.1) is 18.6 Å². The molecule has 144 valence electrons. The lowest BCUT2D eigenvalue weighted by molar-refractivity contribution is -0.138. The number of ether oxygens (including phenoxy) is 3. The Bertz CT molecular complexity index is 779. The summed E-state index contributed by atoms with van der Waals surface area (Å²) in [5.41, 5.74) is 3.28. The first-order valence-corrected chi connectivity index (χ1v) is 9.69. The summed E-state index contributed by atoms with van der Waals surface area (Å²) in [6, 6.07) is 6.32. The van der Waals surface area contributed by atoms with E-state index in [9.17, 15) is 4.79 Å². The second-order valence-corrected chi connectivity index (χ2v) is 7.77. The molecule has 1 fully saturated rings. The van der Waals surface area contributed by atoms with Crippen molar-refractivity contribution >= 4 is 5.97 Å². The van der Waals surface area contributed by atoms with Gasteiger partial charge in [0.1, 0.15) is 18.5 Å². The molecule has 1 saturated heterocycles. The Morgan fingerprint density at radius 2 is 2.19 bits per heavy atom. The zero-order valence-corrected chi connectivity index (χ0v) is 16.1. The first kappa shape index (κ1) is 18.3. The molecule has 1 aromatic carbocycles. The third-order valence-corrected chi connectivity index (χ3v) is 5.78. The molecule has 3 aliphatic rings. The number of aryl methyl sites for hydroxylation is 1. The van der Waals surface area contributed by atoms with E-state index in [0.717, 1.165) is 44.2 Å². The van der Waals surface area contributed by atoms with Crippen LogP contribution in [0.2, 0.25) is 0 Å². The molecule has 1 aromatic rings. The highest BCUT2D eigenvalue weighted by atomic mass is 16.5. The van der Waals surface area contributed by atoms with Gasteiger partial charge in [-0.3, -0.25) is 4.90 Å². The van der Waals surface area contributed by atoms with Gasteiger partial charge in [0.15, 0.2) is 0 Å². The van der Waals surface area contributed by atoms with E-state index in [-0.39, 0.29) is 17.5 Å². The van der Waals surface area contributed by atoms with Crippen LogP contribution in [0.5, 0.6) is 5.75 Å². The van der Waals surface area contributed by atoms with Crippen LogP contribution >= 0.6 is 0 Å². The normalized spacial score (nSPS) is 28.5. The number of allylic oxidation sites excluding steroid dienone is 1. The maximum absolute atomic E-state index is 12.2. The minimum Gasteiger partial charge on any atom is -0.489 e. The van der Waals surface area contributed by atoms with E-state index in [1.165, 1.54) is 11.1 Å². The van der Waals surface area contributed by atoms with Crippen molar-refractivity contribution in [2.24, 2.45) is 0 Å². The van der Waals surface area contributed by atoms with Crippen LogP contribution in [-0.2, 0) is 19.7 Å². The lowest BCUT2D eigenvalue weighted by Crippen LogP contribution is -2.38. The van der Waals surface area contributed by atoms with Crippen LogP contribution in [0, 0.1) is 6.92 Å². The zero-order chi connectivity index (χ0) is 18.9. The molecule has 0 bridgehead atoms. The number of esters is 1. The number of hydrogen-bond donors (Lipinski definition) is 0. The molecular formula is C22H27NO4. The fourth-order valence-corrected chi connectivity index (χ4v) is 4.03. The van der Waals surface area contributed by atoms with Gasteiger partial charge >= 0.3 is 5.97 Å². The van der Waals surface area contributed by atoms with Gasteiger partial charge in [0.25, 0.3) is 0 Å². The Balaban J connectivity index is 1.36. The molecule has 0 N–H and O–H groups in total. The molecule has 5 heteroatoms. The topological polar surface area (TPSA) is 48.0 Å². The quantitative estimate of drug-likeness (QED) is 0.603. The SMILES string of the molecule is Cc1ccc2c(c1)C1(C)C=C/C(=C\C(=O)OCCN3CCOCC3)CC1O2. The van der Waals surface area contributed by atoms with Gasteiger partial charge in [-0.2, -0.15) is 0 Å². The van der Waals surface area contributed by atoms with Crippen molar-refractivity contribution < 1.29 is 19.0 Å². The second-order valence-electron chi connectivity index (χ2n) is 7.77. The summed E-state index contributed by atoms with van der Waals surface area (Å²) in [5.74, 6) is 0.671. The van der Waals surface area contributed by atoms with E-state index in [4.69, 9.17) is 14.2 Å². The number of carbonyl (C=O) groups excluding carboxylic acids is 1. The number of nitrogens with zero attached hydrogens (tertiary/aromatic N) is 1. The van der Waals surface area contributed by atoms with Crippen LogP contribution in [0.1, 0.15) is 24.5 Å². The highest BCUT2D eigenvalue weighted by molar-refractivity contribution is 5.83. The number of fused-ring (bicyclic) bond motifs is 3. The minimum absolute atomic E-state index is 0.0201. The first-order chi connectivity index (χ1) is 13.0. The fraction of sp³-hybridized carbons (Fsp3) is 0.500. The summed E-state index contributed by atoms with van der Waals surface area (Å²) in [6.07, 6.45) is 6.54. The molecule has 5 nitrogen and oxygen atoms in total. The highest BCUT2D eigenvalue weighted by Gasteiger charge is 2.45. The summed E-state index contributed by atoms with van der Waals surface area (Å²) in [4.78, 5) is 14.4. The van der Waals surface area contributed by atoms with Crippen molar-refractivity contribution in [1.82, 2.24) is 4.90 Å². The van der Waals surface area contributed by atoms with Gasteiger partial charge in [0, 0.05) is 37.7 Å². The van der Waals surface area contributed by atoms with Crippen molar-refractivity contribution in [2.45, 2.75) is 31.8 Å². The molecule has 4 rings (SSSR count). The fourth-order valence-electron chi connectivity index (χ4n) is 4.03. The van der Waals surface area contributed by atoms with E-state index in [1.54, 1.807) is 6.08 Å². The van der Waals surface area contributed by atoms with Crippen LogP contribution in [0.3, 0.4) is 0 Å². The van der Waals surface area contributed by atoms with E-state index < -0.39 is 0 Å². The van der Waals surface area contributed by atoms with Crippen molar-refractivity contribution in [3.8, 4) is 5.75 Å². The zero-order valence-electron chi connectivity index (χ0n) is 16.1. The molecule has 2 aliphatic heterocycles. The number of hydrogen-bond acceptors (Lipinski definition) is 5. The van der Waals surface area contributed by atoms with E-state index in [2.05, 4.69) is 37.0 Å². The molecule has 0 aromatic heterocycles. The molecule has 1 aliphatic carbocycles. The standard InChI is InChI=1S/C22H27NO4/c1-16-3-4-19-18(13-16)22(2)6-5-17(14-20(22)27-19)15-21(24)26-12-9-23-7-10-25-11-8-23/h3-6,13,15,20H,7-12,14H2,1-2H3/b17-15+. The maximum Gasteiger partial charge on any atom is 0.331 e. The molecule has 27 heavy (non-hydrogen) atoms. The summed E-state index contributed by atoms with van der Waals surface area (Å²) in [7, 11) is 0. The largest absolute Gasteiger partial charge is 0.489 e. The first-order valence-electron chi connectivity index (χ1n) is 9.69. The lowest BCUT2D eigenvalue weighted by atomic mass is 9.73. The summed E-state index contributed by atoms with van der Waals surface area (Å²) < 4.78 is 16.9. The molecule has 2 unspecified atom stereocenters. The van der Waals surface area contributed by atoms with Gasteiger partial charge in [-0.25, -0.2) is 4.79 Å². The maximum atomic E-state index is 12.2. The third kappa shape index (κ3) is 3.80. The Morgan fingerprint density at radius 1 is 1.37 bits per heavy atom. The van der Waals surface area contributed by atoms with Gasteiger partial charge < -0.3 is 14.2 Å². The van der Waals surface area contributed by atoms with Crippen LogP contribution < -0.4 is 4.74 Å². The van der Waals surface area contributed by atoms with Gasteiger partial charge in [-0.05, 0) is 25.5 Å². The van der Waals surface area contributed by atoms with E-state index >= 15 is 0 Å². The molecule has 0 saturated carbocycles. The average Bonchev–Trinajstić information content (AvgIpc) is 2.94. The Morgan fingerprint density at radius 3 is 3.00 bits per heavy atom. The molecule has 2 atom stereocenters. The Hall–Kier alpha value is -2.11. The van der Waals surface area contributed by atoms with Crippen molar-refractivity contribution in [3.05, 3.63) is 53.1 Å². The Labute approximate surface area is 160 Å². The molecule has 0 radical (unpaired) electrons. The molecule has 2 heterocycles. The van der Waals surface area contributed by atoms with Crippen LogP contribution in [0.15, 0.2) is 42.0 Å². The number of morpholine rings is 1. The Kier molecular flexibility index (Phi) is 5.06. The van der Waals surface area contributed by atoms with Crippen molar-refractivity contribution in [3.63, 3.8) is 0 Å². The van der Waals surface area contributed by atoms with E-state index in [0.29, 0.717) is 13.0 Å². The molecule has 0 spiro atoms. The number of rotatable bonds is 4. The summed E-state index contributed by atoms with van der Waals surface area (Å²) in [5, 5.41) is 0. The smallest absolute Gasteiger partial charge is 0.331 e. The van der Waals surface area contributed by atoms with Crippen molar-refractivity contribution in [2.75, 3.05) is 39.5 Å². The summed E-state index contributed by atoms with van der Waals surface area (Å²) in [6.45, 7) is 8.79. The van der Waals surface area contributed by atoms with Crippen LogP contribution in [0.4, 0.5) is 0 Å². The predicted molar refractivity (Wildman–Crippen MR) is 103 cm³/mol. The predicted octanol–water partition coefficient (Wildman–Crippen LogP) is 2.78. The van der Waals surface area contributed by atoms with Gasteiger partial charge in [-0.1, -0.05) is 29.8 Å². The monoisotopic (exact) mass is 369 g/mol. The second kappa shape index (κ2) is 7.49. The third-order valence-electron chi connectivity index (χ3n) is 5.78. The molecule has 0 amide bonds. The lowest BCUT2D eigenvalue weighted by Gasteiger charge is -2.31. The van der Waals surface area contributed by atoms with Crippen LogP contribution in [-0.4, -0.2) is 56.4 Å². The van der Waals surface area contributed by atoms with Gasteiger partial charge in [0.2, 0.25) is 0 Å².